The smallest absolute Gasteiger partial charge is 0.314 e. The van der Waals surface area contributed by atoms with Gasteiger partial charge in [-0.1, -0.05) is 12.8 Å². The number of hydrogen-bond acceptors (Lipinski definition) is 4. The zero-order chi connectivity index (χ0) is 15.0. The molecular formula is C15H29N3O2S. The number of nitrogens with one attached hydrogen (secondary N) is 2. The summed E-state index contributed by atoms with van der Waals surface area (Å²) >= 11 is 2.04. The summed E-state index contributed by atoms with van der Waals surface area (Å²) in [5.74, 6) is 2.45. The summed E-state index contributed by atoms with van der Waals surface area (Å²) in [5, 5.41) is 6.01. The largest absolute Gasteiger partial charge is 0.385 e. The Balaban J connectivity index is 1.76. The van der Waals surface area contributed by atoms with Crippen LogP contribution >= 0.6 is 11.8 Å². The number of carbonyl (C=O) groups excluding carboxylic acids is 1. The minimum Gasteiger partial charge on any atom is -0.385 e. The van der Waals surface area contributed by atoms with Gasteiger partial charge < -0.3 is 15.4 Å². The first-order chi connectivity index (χ1) is 10.3. The van der Waals surface area contributed by atoms with Gasteiger partial charge in [0.05, 0.1) is 0 Å². The second kappa shape index (κ2) is 8.86. The standard InChI is InChI=1S/C15H29N3O2S/c1-20-10-4-7-16-14(19)17-13-15(5-2-3-6-15)18-8-11-21-12-9-18/h2-13H2,1H3,(H2,16,17,19). The third-order valence-electron chi connectivity index (χ3n) is 4.60. The number of carbonyl (C=O) groups is 1. The molecule has 21 heavy (non-hydrogen) atoms. The normalized spacial score (nSPS) is 22.1. The summed E-state index contributed by atoms with van der Waals surface area (Å²) in [6.45, 7) is 4.49. The minimum absolute atomic E-state index is 0.0382. The Morgan fingerprint density at radius 1 is 1.24 bits per heavy atom. The Morgan fingerprint density at radius 3 is 2.62 bits per heavy atom. The maximum absolute atomic E-state index is 11.9. The Kier molecular flexibility index (Phi) is 7.13. The molecule has 0 spiro atoms. The Bertz CT molecular complexity index is 316. The number of rotatable bonds is 7. The number of methoxy groups -OCH3 is 1. The van der Waals surface area contributed by atoms with Gasteiger partial charge in [0.2, 0.25) is 0 Å². The first-order valence-electron chi connectivity index (χ1n) is 8.10. The van der Waals surface area contributed by atoms with Gasteiger partial charge in [-0.25, -0.2) is 4.79 Å². The lowest BCUT2D eigenvalue weighted by molar-refractivity contribution is 0.104. The molecule has 0 aromatic carbocycles. The first kappa shape index (κ1) is 16.9. The quantitative estimate of drug-likeness (QED) is 0.702. The molecule has 6 heteroatoms. The van der Waals surface area contributed by atoms with Gasteiger partial charge in [0.1, 0.15) is 0 Å². The predicted molar refractivity (Wildman–Crippen MR) is 88.0 cm³/mol. The van der Waals surface area contributed by atoms with E-state index in [0.29, 0.717) is 13.2 Å². The van der Waals surface area contributed by atoms with Gasteiger partial charge in [0.15, 0.2) is 0 Å². The van der Waals surface area contributed by atoms with Crippen LogP contribution in [0.2, 0.25) is 0 Å². The number of urea groups is 1. The zero-order valence-electron chi connectivity index (χ0n) is 13.2. The molecule has 1 saturated heterocycles. The van der Waals surface area contributed by atoms with E-state index in [-0.39, 0.29) is 11.6 Å². The van der Waals surface area contributed by atoms with Crippen molar-refractivity contribution >= 4 is 17.8 Å². The highest BCUT2D eigenvalue weighted by Gasteiger charge is 2.40. The highest BCUT2D eigenvalue weighted by molar-refractivity contribution is 7.99. The number of hydrogen-bond donors (Lipinski definition) is 2. The molecule has 2 N–H and O–H groups in total. The van der Waals surface area contributed by atoms with Crippen molar-refractivity contribution in [1.29, 1.82) is 0 Å². The van der Waals surface area contributed by atoms with Crippen molar-refractivity contribution in [3.63, 3.8) is 0 Å². The molecule has 1 aliphatic heterocycles. The molecule has 0 bridgehead atoms. The van der Waals surface area contributed by atoms with Gasteiger partial charge in [-0.05, 0) is 19.3 Å². The monoisotopic (exact) mass is 315 g/mol. The fourth-order valence-corrected chi connectivity index (χ4v) is 4.30. The van der Waals surface area contributed by atoms with E-state index in [9.17, 15) is 4.79 Å². The molecule has 1 aliphatic carbocycles. The van der Waals surface area contributed by atoms with Crippen LogP contribution in [0.5, 0.6) is 0 Å². The molecule has 2 aliphatic rings. The highest BCUT2D eigenvalue weighted by atomic mass is 32.2. The van der Waals surface area contributed by atoms with Gasteiger partial charge in [0, 0.05) is 56.9 Å². The highest BCUT2D eigenvalue weighted by Crippen LogP contribution is 2.36. The average molecular weight is 315 g/mol. The van der Waals surface area contributed by atoms with E-state index >= 15 is 0 Å². The zero-order valence-corrected chi connectivity index (χ0v) is 14.0. The second-order valence-corrected chi connectivity index (χ2v) is 7.21. The Hall–Kier alpha value is -0.460. The molecule has 2 amide bonds. The molecule has 0 aromatic heterocycles. The third kappa shape index (κ3) is 5.04. The number of thioether (sulfide) groups is 1. The number of amides is 2. The average Bonchev–Trinajstić information content (AvgIpc) is 3.01. The fourth-order valence-electron chi connectivity index (χ4n) is 3.40. The van der Waals surface area contributed by atoms with Gasteiger partial charge in [-0.3, -0.25) is 4.90 Å². The molecule has 5 nitrogen and oxygen atoms in total. The third-order valence-corrected chi connectivity index (χ3v) is 5.55. The summed E-state index contributed by atoms with van der Waals surface area (Å²) in [6, 6.07) is -0.0382. The van der Waals surface area contributed by atoms with Gasteiger partial charge in [0.25, 0.3) is 0 Å². The molecule has 122 valence electrons. The lowest BCUT2D eigenvalue weighted by Crippen LogP contribution is -2.57. The van der Waals surface area contributed by atoms with E-state index in [4.69, 9.17) is 4.74 Å². The van der Waals surface area contributed by atoms with Gasteiger partial charge >= 0.3 is 6.03 Å². The predicted octanol–water partition coefficient (Wildman–Crippen LogP) is 1.68. The lowest BCUT2D eigenvalue weighted by atomic mass is 9.94. The molecular weight excluding hydrogens is 286 g/mol. The van der Waals surface area contributed by atoms with Crippen molar-refractivity contribution in [3.8, 4) is 0 Å². The van der Waals surface area contributed by atoms with Gasteiger partial charge in [-0.15, -0.1) is 0 Å². The molecule has 0 unspecified atom stereocenters. The van der Waals surface area contributed by atoms with Crippen LogP contribution in [0.4, 0.5) is 4.79 Å². The molecule has 2 fully saturated rings. The van der Waals surface area contributed by atoms with E-state index < -0.39 is 0 Å². The fraction of sp³-hybridized carbons (Fsp3) is 0.933. The summed E-state index contributed by atoms with van der Waals surface area (Å²) in [5.41, 5.74) is 0.213. The summed E-state index contributed by atoms with van der Waals surface area (Å²) in [7, 11) is 1.68. The minimum atomic E-state index is -0.0382. The van der Waals surface area contributed by atoms with Crippen LogP contribution in [0.25, 0.3) is 0 Å². The van der Waals surface area contributed by atoms with Crippen molar-refractivity contribution in [2.75, 3.05) is 51.4 Å². The SMILES string of the molecule is COCCCNC(=O)NCC1(N2CCSCC2)CCCC1. The van der Waals surface area contributed by atoms with Crippen LogP contribution in [0.1, 0.15) is 32.1 Å². The van der Waals surface area contributed by atoms with E-state index in [1.54, 1.807) is 7.11 Å². The Morgan fingerprint density at radius 2 is 1.95 bits per heavy atom. The molecule has 0 aromatic rings. The van der Waals surface area contributed by atoms with Crippen LogP contribution in [0.15, 0.2) is 0 Å². The molecule has 1 heterocycles. The van der Waals surface area contributed by atoms with Crippen molar-refractivity contribution in [1.82, 2.24) is 15.5 Å². The summed E-state index contributed by atoms with van der Waals surface area (Å²) < 4.78 is 4.98. The molecule has 1 saturated carbocycles. The Labute approximate surface area is 132 Å². The first-order valence-corrected chi connectivity index (χ1v) is 9.26. The second-order valence-electron chi connectivity index (χ2n) is 5.99. The number of nitrogens with zero attached hydrogens (tertiary/aromatic N) is 1. The van der Waals surface area contributed by atoms with Crippen molar-refractivity contribution < 1.29 is 9.53 Å². The van der Waals surface area contributed by atoms with Crippen LogP contribution in [0.3, 0.4) is 0 Å². The summed E-state index contributed by atoms with van der Waals surface area (Å²) in [4.78, 5) is 14.5. The maximum Gasteiger partial charge on any atom is 0.314 e. The molecule has 2 rings (SSSR count). The number of ether oxygens (including phenoxy) is 1. The van der Waals surface area contributed by atoms with E-state index in [1.165, 1.54) is 50.3 Å². The topological polar surface area (TPSA) is 53.6 Å². The van der Waals surface area contributed by atoms with Crippen molar-refractivity contribution in [3.05, 3.63) is 0 Å². The lowest BCUT2D eigenvalue weighted by Gasteiger charge is -2.43. The van der Waals surface area contributed by atoms with Crippen LogP contribution in [0, 0.1) is 0 Å². The van der Waals surface area contributed by atoms with E-state index in [1.807, 2.05) is 11.8 Å². The van der Waals surface area contributed by atoms with E-state index in [2.05, 4.69) is 15.5 Å². The van der Waals surface area contributed by atoms with Crippen LogP contribution in [-0.4, -0.2) is 67.9 Å². The van der Waals surface area contributed by atoms with Crippen molar-refractivity contribution in [2.24, 2.45) is 0 Å². The van der Waals surface area contributed by atoms with Crippen molar-refractivity contribution in [2.45, 2.75) is 37.6 Å². The van der Waals surface area contributed by atoms with Crippen LogP contribution in [-0.2, 0) is 4.74 Å². The maximum atomic E-state index is 11.9. The van der Waals surface area contributed by atoms with Gasteiger partial charge in [-0.2, -0.15) is 11.8 Å². The molecule has 0 radical (unpaired) electrons. The van der Waals surface area contributed by atoms with Crippen LogP contribution < -0.4 is 10.6 Å². The molecule has 0 atom stereocenters. The summed E-state index contributed by atoms with van der Waals surface area (Å²) in [6.07, 6.45) is 5.89. The van der Waals surface area contributed by atoms with E-state index in [0.717, 1.165) is 13.0 Å².